The number of benzene rings is 2. The van der Waals surface area contributed by atoms with Gasteiger partial charge in [-0.05, 0) is 25.1 Å². The van der Waals surface area contributed by atoms with E-state index < -0.39 is 5.97 Å². The van der Waals surface area contributed by atoms with Crippen molar-refractivity contribution >= 4 is 5.97 Å². The Morgan fingerprint density at radius 1 is 1.11 bits per heavy atom. The van der Waals surface area contributed by atoms with Gasteiger partial charge in [-0.3, -0.25) is 0 Å². The first-order valence-electron chi connectivity index (χ1n) is 5.64. The van der Waals surface area contributed by atoms with Crippen molar-refractivity contribution in [2.45, 2.75) is 13.5 Å². The minimum Gasteiger partial charge on any atom is -0.457 e. The fourth-order valence-corrected chi connectivity index (χ4v) is 1.53. The van der Waals surface area contributed by atoms with Gasteiger partial charge < -0.3 is 4.74 Å². The summed E-state index contributed by atoms with van der Waals surface area (Å²) in [5, 5.41) is 0. The third-order valence-corrected chi connectivity index (χ3v) is 2.60. The highest BCUT2D eigenvalue weighted by Gasteiger charge is 2.08. The first-order valence-corrected chi connectivity index (χ1v) is 5.64. The first kappa shape index (κ1) is 12.3. The SMILES string of the molecule is Cc1ccc(C(=O)OCc2ccccc2F)cc1. The van der Waals surface area contributed by atoms with Crippen LogP contribution in [0.25, 0.3) is 0 Å². The van der Waals surface area contributed by atoms with Gasteiger partial charge in [0, 0.05) is 5.56 Å². The summed E-state index contributed by atoms with van der Waals surface area (Å²) in [5.74, 6) is -0.813. The van der Waals surface area contributed by atoms with Crippen LogP contribution < -0.4 is 0 Å². The van der Waals surface area contributed by atoms with E-state index in [0.29, 0.717) is 11.1 Å². The Morgan fingerprint density at radius 2 is 1.78 bits per heavy atom. The molecule has 0 aliphatic rings. The van der Waals surface area contributed by atoms with Crippen molar-refractivity contribution in [1.29, 1.82) is 0 Å². The maximum atomic E-state index is 13.3. The molecule has 0 spiro atoms. The minimum atomic E-state index is -0.446. The molecule has 0 N–H and O–H groups in total. The van der Waals surface area contributed by atoms with Gasteiger partial charge in [-0.15, -0.1) is 0 Å². The molecule has 0 unspecified atom stereocenters. The third kappa shape index (κ3) is 2.94. The van der Waals surface area contributed by atoms with Crippen LogP contribution in [0.2, 0.25) is 0 Å². The zero-order valence-electron chi connectivity index (χ0n) is 10.0. The molecule has 0 heterocycles. The van der Waals surface area contributed by atoms with Crippen LogP contribution >= 0.6 is 0 Å². The smallest absolute Gasteiger partial charge is 0.338 e. The molecule has 0 saturated carbocycles. The Balaban J connectivity index is 2.01. The van der Waals surface area contributed by atoms with Gasteiger partial charge in [0.15, 0.2) is 0 Å². The Morgan fingerprint density at radius 3 is 2.44 bits per heavy atom. The zero-order chi connectivity index (χ0) is 13.0. The largest absolute Gasteiger partial charge is 0.457 e. The van der Waals surface area contributed by atoms with E-state index in [1.54, 1.807) is 30.3 Å². The van der Waals surface area contributed by atoms with Crippen LogP contribution in [0.3, 0.4) is 0 Å². The molecule has 0 atom stereocenters. The van der Waals surface area contributed by atoms with Gasteiger partial charge in [-0.2, -0.15) is 0 Å². The topological polar surface area (TPSA) is 26.3 Å². The molecule has 2 aromatic carbocycles. The number of carbonyl (C=O) groups excluding carboxylic acids is 1. The van der Waals surface area contributed by atoms with Gasteiger partial charge >= 0.3 is 5.97 Å². The molecule has 18 heavy (non-hydrogen) atoms. The monoisotopic (exact) mass is 244 g/mol. The molecule has 0 radical (unpaired) electrons. The van der Waals surface area contributed by atoms with E-state index in [0.717, 1.165) is 5.56 Å². The Labute approximate surface area is 105 Å². The summed E-state index contributed by atoms with van der Waals surface area (Å²) in [5.41, 5.74) is 1.91. The van der Waals surface area contributed by atoms with Crippen molar-refractivity contribution in [3.05, 3.63) is 71.0 Å². The molecule has 0 amide bonds. The molecule has 92 valence electrons. The number of halogens is 1. The summed E-state index contributed by atoms with van der Waals surface area (Å²) in [4.78, 5) is 11.7. The van der Waals surface area contributed by atoms with Crippen LogP contribution in [0.15, 0.2) is 48.5 Å². The number of ether oxygens (including phenoxy) is 1. The van der Waals surface area contributed by atoms with Crippen LogP contribution in [0.4, 0.5) is 4.39 Å². The standard InChI is InChI=1S/C15H13FO2/c1-11-6-8-12(9-7-11)15(17)18-10-13-4-2-3-5-14(13)16/h2-9H,10H2,1H3. The third-order valence-electron chi connectivity index (χ3n) is 2.60. The van der Waals surface area contributed by atoms with E-state index >= 15 is 0 Å². The lowest BCUT2D eigenvalue weighted by atomic mass is 10.1. The zero-order valence-corrected chi connectivity index (χ0v) is 10.0. The molecule has 0 aliphatic heterocycles. The number of hydrogen-bond donors (Lipinski definition) is 0. The second-order valence-electron chi connectivity index (χ2n) is 4.03. The van der Waals surface area contributed by atoms with Crippen LogP contribution in [-0.2, 0) is 11.3 Å². The maximum Gasteiger partial charge on any atom is 0.338 e. The molecule has 0 aromatic heterocycles. The van der Waals surface area contributed by atoms with Gasteiger partial charge in [0.05, 0.1) is 5.56 Å². The predicted octanol–water partition coefficient (Wildman–Crippen LogP) is 3.49. The van der Waals surface area contributed by atoms with Crippen molar-refractivity contribution in [2.75, 3.05) is 0 Å². The van der Waals surface area contributed by atoms with Crippen molar-refractivity contribution in [2.24, 2.45) is 0 Å². The Bertz CT molecular complexity index is 547. The Kier molecular flexibility index (Phi) is 3.72. The molecule has 0 bridgehead atoms. The predicted molar refractivity (Wildman–Crippen MR) is 66.7 cm³/mol. The van der Waals surface area contributed by atoms with E-state index in [1.807, 2.05) is 19.1 Å². The average Bonchev–Trinajstić information content (AvgIpc) is 2.38. The van der Waals surface area contributed by atoms with Crippen LogP contribution in [-0.4, -0.2) is 5.97 Å². The first-order chi connectivity index (χ1) is 8.66. The number of carbonyl (C=O) groups is 1. The molecule has 0 aliphatic carbocycles. The molecular formula is C15H13FO2. The lowest BCUT2D eigenvalue weighted by Gasteiger charge is -2.06. The molecule has 2 rings (SSSR count). The quantitative estimate of drug-likeness (QED) is 0.772. The molecular weight excluding hydrogens is 231 g/mol. The van der Waals surface area contributed by atoms with Crippen LogP contribution in [0, 0.1) is 12.7 Å². The van der Waals surface area contributed by atoms with Crippen LogP contribution in [0.5, 0.6) is 0 Å². The second kappa shape index (κ2) is 5.45. The van der Waals surface area contributed by atoms with E-state index in [2.05, 4.69) is 0 Å². The molecule has 0 saturated heterocycles. The van der Waals surface area contributed by atoms with Crippen molar-refractivity contribution < 1.29 is 13.9 Å². The summed E-state index contributed by atoms with van der Waals surface area (Å²) in [6, 6.07) is 13.3. The highest BCUT2D eigenvalue weighted by molar-refractivity contribution is 5.89. The Hall–Kier alpha value is -2.16. The van der Waals surface area contributed by atoms with E-state index in [4.69, 9.17) is 4.74 Å². The van der Waals surface area contributed by atoms with Crippen molar-refractivity contribution in [3.8, 4) is 0 Å². The lowest BCUT2D eigenvalue weighted by molar-refractivity contribution is 0.0469. The number of esters is 1. The summed E-state index contributed by atoms with van der Waals surface area (Å²) < 4.78 is 18.4. The van der Waals surface area contributed by atoms with Crippen molar-refractivity contribution in [1.82, 2.24) is 0 Å². The number of hydrogen-bond acceptors (Lipinski definition) is 2. The highest BCUT2D eigenvalue weighted by Crippen LogP contribution is 2.10. The maximum absolute atomic E-state index is 13.3. The fraction of sp³-hybridized carbons (Fsp3) is 0.133. The van der Waals surface area contributed by atoms with Gasteiger partial charge in [-0.25, -0.2) is 9.18 Å². The number of aryl methyl sites for hydroxylation is 1. The van der Waals surface area contributed by atoms with Crippen LogP contribution in [0.1, 0.15) is 21.5 Å². The van der Waals surface area contributed by atoms with E-state index in [1.165, 1.54) is 6.07 Å². The minimum absolute atomic E-state index is 0.0562. The summed E-state index contributed by atoms with van der Waals surface area (Å²) in [6.07, 6.45) is 0. The fourth-order valence-electron chi connectivity index (χ4n) is 1.53. The highest BCUT2D eigenvalue weighted by atomic mass is 19.1. The molecule has 2 aromatic rings. The lowest BCUT2D eigenvalue weighted by Crippen LogP contribution is -2.06. The second-order valence-corrected chi connectivity index (χ2v) is 4.03. The summed E-state index contributed by atoms with van der Waals surface area (Å²) in [6.45, 7) is 1.88. The number of rotatable bonds is 3. The average molecular weight is 244 g/mol. The van der Waals surface area contributed by atoms with Gasteiger partial charge in [-0.1, -0.05) is 35.9 Å². The van der Waals surface area contributed by atoms with Gasteiger partial charge in [0.2, 0.25) is 0 Å². The van der Waals surface area contributed by atoms with Gasteiger partial charge in [0.25, 0.3) is 0 Å². The summed E-state index contributed by atoms with van der Waals surface area (Å²) in [7, 11) is 0. The summed E-state index contributed by atoms with van der Waals surface area (Å²) >= 11 is 0. The van der Waals surface area contributed by atoms with Gasteiger partial charge in [0.1, 0.15) is 12.4 Å². The molecule has 3 heteroatoms. The molecule has 2 nitrogen and oxygen atoms in total. The van der Waals surface area contributed by atoms with Crippen molar-refractivity contribution in [3.63, 3.8) is 0 Å². The molecule has 0 fully saturated rings. The normalized spacial score (nSPS) is 10.1. The van der Waals surface area contributed by atoms with E-state index in [9.17, 15) is 9.18 Å². The van der Waals surface area contributed by atoms with E-state index in [-0.39, 0.29) is 12.4 Å².